The molecule has 0 N–H and O–H groups in total. The van der Waals surface area contributed by atoms with Gasteiger partial charge < -0.3 is 4.90 Å². The molecule has 1 aliphatic rings. The first-order valence-electron chi connectivity index (χ1n) is 8.57. The van der Waals surface area contributed by atoms with Gasteiger partial charge in [-0.25, -0.2) is 12.4 Å². The zero-order valence-corrected chi connectivity index (χ0v) is 15.3. The molecule has 0 aliphatic carbocycles. The van der Waals surface area contributed by atoms with Crippen LogP contribution in [-0.2, 0) is 10.0 Å². The molecular formula is C20H22N2O2S. The Labute approximate surface area is 148 Å². The molecule has 1 aromatic heterocycles. The van der Waals surface area contributed by atoms with Gasteiger partial charge in [-0.3, -0.25) is 0 Å². The fourth-order valence-electron chi connectivity index (χ4n) is 3.71. The van der Waals surface area contributed by atoms with E-state index in [-0.39, 0.29) is 0 Å². The number of hydrogen-bond acceptors (Lipinski definition) is 3. The van der Waals surface area contributed by atoms with Crippen LogP contribution >= 0.6 is 0 Å². The molecule has 1 aliphatic heterocycles. The summed E-state index contributed by atoms with van der Waals surface area (Å²) in [7, 11) is -1.49. The first kappa shape index (κ1) is 16.4. The van der Waals surface area contributed by atoms with Gasteiger partial charge in [-0.2, -0.15) is 0 Å². The summed E-state index contributed by atoms with van der Waals surface area (Å²) in [5, 5.41) is 1.04. The molecule has 0 radical (unpaired) electrons. The highest BCUT2D eigenvalue weighted by Gasteiger charge is 2.27. The molecule has 2 aromatic carbocycles. The Morgan fingerprint density at radius 1 is 1.04 bits per heavy atom. The molecule has 130 valence electrons. The quantitative estimate of drug-likeness (QED) is 0.722. The maximum atomic E-state index is 13.2. The third-order valence-corrected chi connectivity index (χ3v) is 6.81. The maximum absolute atomic E-state index is 13.2. The number of fused-ring (bicyclic) bond motifs is 1. The Balaban J connectivity index is 1.89. The summed E-state index contributed by atoms with van der Waals surface area (Å²) in [6, 6.07) is 14.8. The molecule has 3 aromatic rings. The van der Waals surface area contributed by atoms with E-state index in [2.05, 4.69) is 11.9 Å². The van der Waals surface area contributed by atoms with Gasteiger partial charge in [-0.05, 0) is 56.6 Å². The second-order valence-corrected chi connectivity index (χ2v) is 8.78. The third kappa shape index (κ3) is 2.77. The van der Waals surface area contributed by atoms with E-state index >= 15 is 0 Å². The Bertz CT molecular complexity index is 1020. The van der Waals surface area contributed by atoms with Crippen LogP contribution in [0.3, 0.4) is 0 Å². The Morgan fingerprint density at radius 3 is 2.44 bits per heavy atom. The average Bonchev–Trinajstić information content (AvgIpc) is 3.19. The molecule has 5 heteroatoms. The predicted molar refractivity (Wildman–Crippen MR) is 101 cm³/mol. The van der Waals surface area contributed by atoms with Gasteiger partial charge in [0.25, 0.3) is 10.0 Å². The van der Waals surface area contributed by atoms with Gasteiger partial charge in [0.1, 0.15) is 0 Å². The number of aryl methyl sites for hydroxylation is 1. The van der Waals surface area contributed by atoms with Crippen molar-refractivity contribution in [1.82, 2.24) is 8.87 Å². The Kier molecular flexibility index (Phi) is 3.93. The van der Waals surface area contributed by atoms with Crippen molar-refractivity contribution in [3.8, 4) is 0 Å². The fourth-order valence-corrected chi connectivity index (χ4v) is 5.09. The van der Waals surface area contributed by atoms with E-state index in [9.17, 15) is 8.42 Å². The lowest BCUT2D eigenvalue weighted by atomic mass is 9.98. The minimum atomic E-state index is -3.60. The van der Waals surface area contributed by atoms with Crippen LogP contribution in [0.2, 0.25) is 0 Å². The lowest BCUT2D eigenvalue weighted by Gasteiger charge is -2.09. The molecule has 1 fully saturated rings. The SMILES string of the molecule is Cc1ccc(S(=O)(=O)n2cc(C3CCN(C)C3)c3ccccc32)cc1. The molecule has 0 amide bonds. The molecule has 0 saturated carbocycles. The number of para-hydroxylation sites is 1. The Morgan fingerprint density at radius 2 is 1.76 bits per heavy atom. The van der Waals surface area contributed by atoms with Crippen LogP contribution < -0.4 is 0 Å². The van der Waals surface area contributed by atoms with Crippen LogP contribution in [0.25, 0.3) is 10.9 Å². The standard InChI is InChI=1S/C20H22N2O2S/c1-15-7-9-17(10-8-15)25(23,24)22-14-19(16-11-12-21(2)13-16)18-5-3-4-6-20(18)22/h3-10,14,16H,11-13H2,1-2H3. The van der Waals surface area contributed by atoms with Crippen molar-refractivity contribution in [2.45, 2.75) is 24.2 Å². The minimum absolute atomic E-state index is 0.328. The molecular weight excluding hydrogens is 332 g/mol. The predicted octanol–water partition coefficient (Wildman–Crippen LogP) is 3.61. The first-order valence-corrected chi connectivity index (χ1v) is 10.0. The number of hydrogen-bond donors (Lipinski definition) is 0. The molecule has 1 saturated heterocycles. The van der Waals surface area contributed by atoms with Gasteiger partial charge in [0.05, 0.1) is 10.4 Å². The van der Waals surface area contributed by atoms with Crippen LogP contribution in [0.15, 0.2) is 59.6 Å². The van der Waals surface area contributed by atoms with E-state index in [1.165, 1.54) is 3.97 Å². The number of nitrogens with zero attached hydrogens (tertiary/aromatic N) is 2. The number of rotatable bonds is 3. The van der Waals surface area contributed by atoms with E-state index < -0.39 is 10.0 Å². The molecule has 0 bridgehead atoms. The lowest BCUT2D eigenvalue weighted by molar-refractivity contribution is 0.412. The number of likely N-dealkylation sites (tertiary alicyclic amines) is 1. The molecule has 2 heterocycles. The van der Waals surface area contributed by atoms with Crippen molar-refractivity contribution in [3.63, 3.8) is 0 Å². The van der Waals surface area contributed by atoms with Gasteiger partial charge in [0.2, 0.25) is 0 Å². The summed E-state index contributed by atoms with van der Waals surface area (Å²) in [5.41, 5.74) is 2.94. The highest BCUT2D eigenvalue weighted by molar-refractivity contribution is 7.90. The molecule has 4 nitrogen and oxygen atoms in total. The average molecular weight is 354 g/mol. The zero-order chi connectivity index (χ0) is 17.6. The summed E-state index contributed by atoms with van der Waals surface area (Å²) >= 11 is 0. The highest BCUT2D eigenvalue weighted by atomic mass is 32.2. The van der Waals surface area contributed by atoms with Crippen molar-refractivity contribution in [2.75, 3.05) is 20.1 Å². The monoisotopic (exact) mass is 354 g/mol. The Hall–Kier alpha value is -2.11. The van der Waals surface area contributed by atoms with E-state index in [1.54, 1.807) is 12.1 Å². The molecule has 1 atom stereocenters. The summed E-state index contributed by atoms with van der Waals surface area (Å²) in [6.45, 7) is 3.98. The van der Waals surface area contributed by atoms with Crippen molar-refractivity contribution >= 4 is 20.9 Å². The molecule has 0 spiro atoms. The van der Waals surface area contributed by atoms with Gasteiger partial charge in [-0.1, -0.05) is 35.9 Å². The topological polar surface area (TPSA) is 42.3 Å². The van der Waals surface area contributed by atoms with Crippen LogP contribution in [-0.4, -0.2) is 37.4 Å². The second kappa shape index (κ2) is 6.00. The fraction of sp³-hybridized carbons (Fsp3) is 0.300. The van der Waals surface area contributed by atoms with Crippen molar-refractivity contribution in [1.29, 1.82) is 0 Å². The smallest absolute Gasteiger partial charge is 0.268 e. The summed E-state index contributed by atoms with van der Waals surface area (Å²) < 4.78 is 27.9. The van der Waals surface area contributed by atoms with Crippen LogP contribution in [0.1, 0.15) is 23.5 Å². The zero-order valence-electron chi connectivity index (χ0n) is 14.5. The van der Waals surface area contributed by atoms with Crippen LogP contribution in [0.5, 0.6) is 0 Å². The van der Waals surface area contributed by atoms with Crippen LogP contribution in [0, 0.1) is 6.92 Å². The number of benzene rings is 2. The van der Waals surface area contributed by atoms with Gasteiger partial charge in [0, 0.05) is 18.1 Å². The van der Waals surface area contributed by atoms with Gasteiger partial charge in [-0.15, -0.1) is 0 Å². The normalized spacial score (nSPS) is 18.9. The molecule has 4 rings (SSSR count). The van der Waals surface area contributed by atoms with Crippen LogP contribution in [0.4, 0.5) is 0 Å². The van der Waals surface area contributed by atoms with Crippen molar-refractivity contribution in [3.05, 3.63) is 65.9 Å². The summed E-state index contributed by atoms with van der Waals surface area (Å²) in [6.07, 6.45) is 2.90. The van der Waals surface area contributed by atoms with E-state index in [1.807, 2.05) is 49.5 Å². The molecule has 1 unspecified atom stereocenters. The number of likely N-dealkylation sites (N-methyl/N-ethyl adjacent to an activating group) is 1. The van der Waals surface area contributed by atoms with Crippen molar-refractivity contribution < 1.29 is 8.42 Å². The van der Waals surface area contributed by atoms with E-state index in [0.29, 0.717) is 10.8 Å². The first-order chi connectivity index (χ1) is 12.0. The summed E-state index contributed by atoms with van der Waals surface area (Å²) in [4.78, 5) is 2.62. The minimum Gasteiger partial charge on any atom is -0.306 e. The van der Waals surface area contributed by atoms with Gasteiger partial charge in [0.15, 0.2) is 0 Å². The summed E-state index contributed by atoms with van der Waals surface area (Å²) in [5.74, 6) is 0.379. The lowest BCUT2D eigenvalue weighted by Crippen LogP contribution is -2.13. The maximum Gasteiger partial charge on any atom is 0.268 e. The van der Waals surface area contributed by atoms with Crippen molar-refractivity contribution in [2.24, 2.45) is 0 Å². The second-order valence-electron chi connectivity index (χ2n) is 6.96. The van der Waals surface area contributed by atoms with E-state index in [0.717, 1.165) is 41.5 Å². The largest absolute Gasteiger partial charge is 0.306 e. The third-order valence-electron chi connectivity index (χ3n) is 5.12. The van der Waals surface area contributed by atoms with E-state index in [4.69, 9.17) is 0 Å². The highest BCUT2D eigenvalue weighted by Crippen LogP contribution is 2.35. The molecule has 25 heavy (non-hydrogen) atoms. The number of aromatic nitrogens is 1. The van der Waals surface area contributed by atoms with Gasteiger partial charge >= 0.3 is 0 Å².